The van der Waals surface area contributed by atoms with Gasteiger partial charge in [-0.1, -0.05) is 0 Å². The molecule has 2 atom stereocenters. The number of amides is 1. The molecule has 1 aliphatic rings. The lowest BCUT2D eigenvalue weighted by Crippen LogP contribution is -2.45. The van der Waals surface area contributed by atoms with Crippen LogP contribution in [0, 0.1) is 5.82 Å². The molecule has 2 heterocycles. The molecular formula is C17H17F2N5O3. The van der Waals surface area contributed by atoms with E-state index < -0.39 is 23.6 Å². The second-order valence-corrected chi connectivity index (χ2v) is 5.89. The van der Waals surface area contributed by atoms with E-state index in [0.717, 1.165) is 19.3 Å². The van der Waals surface area contributed by atoms with E-state index in [0.29, 0.717) is 0 Å². The van der Waals surface area contributed by atoms with Gasteiger partial charge in [0.1, 0.15) is 29.6 Å². The quantitative estimate of drug-likeness (QED) is 0.747. The van der Waals surface area contributed by atoms with E-state index in [2.05, 4.69) is 20.6 Å². The predicted octanol–water partition coefficient (Wildman–Crippen LogP) is 1.98. The van der Waals surface area contributed by atoms with E-state index in [1.165, 1.54) is 31.6 Å². The molecule has 1 aromatic carbocycles. The van der Waals surface area contributed by atoms with Crippen LogP contribution in [0.1, 0.15) is 29.0 Å². The number of nitrogens with one attached hydrogen (secondary N) is 2. The van der Waals surface area contributed by atoms with Crippen LogP contribution >= 0.6 is 0 Å². The molecule has 10 heteroatoms. The van der Waals surface area contributed by atoms with Gasteiger partial charge in [0.15, 0.2) is 0 Å². The second-order valence-electron chi connectivity index (χ2n) is 5.89. The Hall–Kier alpha value is -3.43. The number of rotatable bonds is 4. The van der Waals surface area contributed by atoms with Crippen molar-refractivity contribution in [2.75, 3.05) is 12.4 Å². The maximum atomic E-state index is 14.6. The molecule has 1 aromatic heterocycles. The summed E-state index contributed by atoms with van der Waals surface area (Å²) in [7, 11) is 1.42. The van der Waals surface area contributed by atoms with Crippen LogP contribution in [0.25, 0.3) is 0 Å². The normalized spacial score (nSPS) is 21.5. The molecule has 0 bridgehead atoms. The molecule has 0 radical (unpaired) electrons. The summed E-state index contributed by atoms with van der Waals surface area (Å²) in [5, 5.41) is 5.19. The molecule has 0 saturated carbocycles. The zero-order valence-electron chi connectivity index (χ0n) is 14.5. The molecule has 0 saturated heterocycles. The largest absolute Gasteiger partial charge is 0.480 e. The number of hydrogen-bond acceptors (Lipinski definition) is 7. The molecule has 0 spiro atoms. The molecule has 1 aliphatic heterocycles. The predicted molar refractivity (Wildman–Crippen MR) is 91.7 cm³/mol. The summed E-state index contributed by atoms with van der Waals surface area (Å²) in [6, 6.07) is 2.53. The summed E-state index contributed by atoms with van der Waals surface area (Å²) >= 11 is 0. The first kappa shape index (κ1) is 18.4. The van der Waals surface area contributed by atoms with Crippen LogP contribution in [0.2, 0.25) is 0 Å². The van der Waals surface area contributed by atoms with Gasteiger partial charge in [0.05, 0.1) is 19.5 Å². The highest BCUT2D eigenvalue weighted by Crippen LogP contribution is 2.36. The summed E-state index contributed by atoms with van der Waals surface area (Å²) in [6.45, 7) is 1.14. The van der Waals surface area contributed by atoms with E-state index in [9.17, 15) is 13.6 Å². The lowest BCUT2D eigenvalue weighted by atomic mass is 9.98. The summed E-state index contributed by atoms with van der Waals surface area (Å²) in [5.74, 6) is -3.19. The number of anilines is 1. The first-order chi connectivity index (χ1) is 12.8. The van der Waals surface area contributed by atoms with Gasteiger partial charge < -0.3 is 25.8 Å². The highest BCUT2D eigenvalue weighted by Gasteiger charge is 2.41. The van der Waals surface area contributed by atoms with Crippen molar-refractivity contribution < 1.29 is 23.0 Å². The molecule has 3 rings (SSSR count). The molecule has 27 heavy (non-hydrogen) atoms. The minimum Gasteiger partial charge on any atom is -0.480 e. The number of hydrogen-bond donors (Lipinski definition) is 3. The van der Waals surface area contributed by atoms with Gasteiger partial charge in [-0.15, -0.1) is 0 Å². The SMILES string of the molecule is COc1cnc(C(=O)Nc2ccc(F)c([C@H]3NC(N)=CO[C@]3(C)F)c2)cn1. The Morgan fingerprint density at radius 3 is 2.85 bits per heavy atom. The minimum absolute atomic E-state index is 0.0308. The standard InChI is InChI=1S/C17H17F2N5O3/c1-17(19)15(24-13(20)8-27-17)10-5-9(3-4-11(10)18)23-16(25)12-6-22-14(26-2)7-21-12/h3-8,15,24H,20H2,1-2H3,(H,23,25)/t15-,17+/m1/s1. The van der Waals surface area contributed by atoms with Crippen LogP contribution in [0.3, 0.4) is 0 Å². The first-order valence-corrected chi connectivity index (χ1v) is 7.86. The van der Waals surface area contributed by atoms with E-state index >= 15 is 0 Å². The highest BCUT2D eigenvalue weighted by molar-refractivity contribution is 6.02. The number of ether oxygens (including phenoxy) is 2. The average molecular weight is 377 g/mol. The zero-order valence-corrected chi connectivity index (χ0v) is 14.5. The third-order valence-corrected chi connectivity index (χ3v) is 3.88. The number of aromatic nitrogens is 2. The topological polar surface area (TPSA) is 111 Å². The number of halogens is 2. The van der Waals surface area contributed by atoms with Gasteiger partial charge in [-0.25, -0.2) is 14.4 Å². The number of nitrogens with two attached hydrogens (primary N) is 1. The smallest absolute Gasteiger partial charge is 0.275 e. The molecular weight excluding hydrogens is 360 g/mol. The maximum Gasteiger partial charge on any atom is 0.275 e. The molecule has 8 nitrogen and oxygen atoms in total. The monoisotopic (exact) mass is 377 g/mol. The summed E-state index contributed by atoms with van der Waals surface area (Å²) in [5.41, 5.74) is 5.80. The molecule has 0 fully saturated rings. The lowest BCUT2D eigenvalue weighted by Gasteiger charge is -2.35. The van der Waals surface area contributed by atoms with Crippen molar-refractivity contribution in [2.45, 2.75) is 18.8 Å². The fraction of sp³-hybridized carbons (Fsp3) is 0.235. The Labute approximate surface area is 153 Å². The van der Waals surface area contributed by atoms with Crippen molar-refractivity contribution in [1.82, 2.24) is 15.3 Å². The lowest BCUT2D eigenvalue weighted by molar-refractivity contribution is -0.121. The van der Waals surface area contributed by atoms with Crippen LogP contribution in [0.4, 0.5) is 14.5 Å². The average Bonchev–Trinajstić information content (AvgIpc) is 2.65. The van der Waals surface area contributed by atoms with Crippen molar-refractivity contribution in [1.29, 1.82) is 0 Å². The number of methoxy groups -OCH3 is 1. The van der Waals surface area contributed by atoms with E-state index in [1.54, 1.807) is 0 Å². The van der Waals surface area contributed by atoms with E-state index in [4.69, 9.17) is 15.2 Å². The molecule has 1 amide bonds. The Morgan fingerprint density at radius 1 is 1.41 bits per heavy atom. The zero-order chi connectivity index (χ0) is 19.6. The van der Waals surface area contributed by atoms with Crippen molar-refractivity contribution in [3.63, 3.8) is 0 Å². The number of carbonyl (C=O) groups excluding carboxylic acids is 1. The second kappa shape index (κ2) is 7.06. The number of benzene rings is 1. The molecule has 4 N–H and O–H groups in total. The van der Waals surface area contributed by atoms with Crippen molar-refractivity contribution in [3.05, 3.63) is 59.8 Å². The van der Waals surface area contributed by atoms with Crippen molar-refractivity contribution in [3.8, 4) is 5.88 Å². The number of alkyl halides is 1. The van der Waals surface area contributed by atoms with Gasteiger partial charge >= 0.3 is 0 Å². The third-order valence-electron chi connectivity index (χ3n) is 3.88. The van der Waals surface area contributed by atoms with Gasteiger partial charge in [0.25, 0.3) is 11.8 Å². The molecule has 0 unspecified atom stereocenters. The van der Waals surface area contributed by atoms with Crippen LogP contribution in [0.15, 0.2) is 42.7 Å². The van der Waals surface area contributed by atoms with Gasteiger partial charge in [-0.3, -0.25) is 4.79 Å². The van der Waals surface area contributed by atoms with Gasteiger partial charge in [0.2, 0.25) is 5.88 Å². The number of nitrogens with zero attached hydrogens (tertiary/aromatic N) is 2. The van der Waals surface area contributed by atoms with Gasteiger partial charge in [0, 0.05) is 18.2 Å². The van der Waals surface area contributed by atoms with Gasteiger partial charge in [-0.2, -0.15) is 4.39 Å². The molecule has 142 valence electrons. The summed E-state index contributed by atoms with van der Waals surface area (Å²) in [4.78, 5) is 20.1. The third kappa shape index (κ3) is 3.89. The van der Waals surface area contributed by atoms with Crippen LogP contribution < -0.4 is 21.1 Å². The molecule has 2 aromatic rings. The molecule has 0 aliphatic carbocycles. The van der Waals surface area contributed by atoms with Crippen LogP contribution in [0.5, 0.6) is 5.88 Å². The minimum atomic E-state index is -2.24. The van der Waals surface area contributed by atoms with E-state index in [-0.39, 0.29) is 28.6 Å². The van der Waals surface area contributed by atoms with E-state index in [1.807, 2.05) is 0 Å². The number of carbonyl (C=O) groups is 1. The maximum absolute atomic E-state index is 14.6. The van der Waals surface area contributed by atoms with Crippen LogP contribution in [-0.4, -0.2) is 28.8 Å². The first-order valence-electron chi connectivity index (χ1n) is 7.86. The Balaban J connectivity index is 1.84. The van der Waals surface area contributed by atoms with Crippen LogP contribution in [-0.2, 0) is 4.74 Å². The summed E-state index contributed by atoms with van der Waals surface area (Å²) in [6.07, 6.45) is 3.54. The fourth-order valence-electron chi connectivity index (χ4n) is 2.51. The van der Waals surface area contributed by atoms with Crippen molar-refractivity contribution in [2.24, 2.45) is 5.73 Å². The highest BCUT2D eigenvalue weighted by atomic mass is 19.2. The summed E-state index contributed by atoms with van der Waals surface area (Å²) < 4.78 is 38.7. The van der Waals surface area contributed by atoms with Gasteiger partial charge in [-0.05, 0) is 18.2 Å². The Kier molecular flexibility index (Phi) is 4.80. The Bertz CT molecular complexity index is 887. The fourth-order valence-corrected chi connectivity index (χ4v) is 2.51. The Morgan fingerprint density at radius 2 is 2.19 bits per heavy atom. The van der Waals surface area contributed by atoms with Crippen molar-refractivity contribution >= 4 is 11.6 Å².